The second-order valence-electron chi connectivity index (χ2n) is 2.31. The van der Waals surface area contributed by atoms with Gasteiger partial charge in [-0.2, -0.15) is 0 Å². The average Bonchev–Trinajstić information content (AvgIpc) is 2.14. The molecule has 0 aromatic rings. The van der Waals surface area contributed by atoms with Crippen molar-refractivity contribution in [2.75, 3.05) is 13.2 Å². The van der Waals surface area contributed by atoms with Gasteiger partial charge in [-0.05, 0) is 6.42 Å². The van der Waals surface area contributed by atoms with E-state index in [1.54, 1.807) is 0 Å². The Morgan fingerprint density at radius 1 is 1.54 bits per heavy atom. The van der Waals surface area contributed by atoms with Gasteiger partial charge in [0.25, 0.3) is 5.24 Å². The Hall–Kier alpha value is -0.360. The van der Waals surface area contributed by atoms with Crippen LogP contribution in [0.2, 0.25) is 0 Å². The van der Waals surface area contributed by atoms with Crippen molar-refractivity contribution in [3.05, 3.63) is 0 Å². The van der Waals surface area contributed by atoms with E-state index in [4.69, 9.17) is 4.74 Å². The molecule has 0 unspecified atom stereocenters. The molecule has 0 spiro atoms. The van der Waals surface area contributed by atoms with Crippen LogP contribution in [0.1, 0.15) is 19.8 Å². The third-order valence-electron chi connectivity index (χ3n) is 1.22. The molecule has 13 heavy (non-hydrogen) atoms. The van der Waals surface area contributed by atoms with Crippen LogP contribution in [0, 0.1) is 0 Å². The lowest BCUT2D eigenvalue weighted by Gasteiger charge is -2.03. The average molecular weight is 223 g/mol. The summed E-state index contributed by atoms with van der Waals surface area (Å²) in [7, 11) is 0.732. The van der Waals surface area contributed by atoms with Crippen molar-refractivity contribution >= 4 is 33.7 Å². The monoisotopic (exact) mass is 223 g/mol. The van der Waals surface area contributed by atoms with Crippen LogP contribution in [0.3, 0.4) is 0 Å². The first kappa shape index (κ1) is 12.6. The molecule has 0 aromatic carbocycles. The van der Waals surface area contributed by atoms with E-state index in [2.05, 4.69) is 17.0 Å². The predicted octanol–water partition coefficient (Wildman–Crippen LogP) is 1.62. The van der Waals surface area contributed by atoms with Crippen molar-refractivity contribution in [3.63, 3.8) is 0 Å². The van der Waals surface area contributed by atoms with Gasteiger partial charge in [0.05, 0.1) is 6.61 Å². The normalized spacial score (nSPS) is 9.38. The van der Waals surface area contributed by atoms with Crippen LogP contribution in [0.15, 0.2) is 0 Å². The highest BCUT2D eigenvalue weighted by Gasteiger charge is 2.04. The Balaban J connectivity index is 3.35. The molecule has 0 aliphatic carbocycles. The van der Waals surface area contributed by atoms with Gasteiger partial charge in [-0.1, -0.05) is 13.3 Å². The van der Waals surface area contributed by atoms with Crippen LogP contribution in [-0.2, 0) is 9.53 Å². The number of carbonyl (C=O) groups is 2. The Kier molecular flexibility index (Phi) is 8.02. The second-order valence-corrected chi connectivity index (χ2v) is 3.41. The molecule has 0 saturated heterocycles. The molecule has 0 rings (SSSR count). The maximum Gasteiger partial charge on any atom is 0.325 e. The summed E-state index contributed by atoms with van der Waals surface area (Å²) in [5, 5.41) is 1.98. The van der Waals surface area contributed by atoms with E-state index in [-0.39, 0.29) is 11.8 Å². The molecule has 0 atom stereocenters. The van der Waals surface area contributed by atoms with Crippen molar-refractivity contribution < 1.29 is 14.3 Å². The molecule has 6 heteroatoms. The van der Waals surface area contributed by atoms with Gasteiger partial charge in [0, 0.05) is 10.8 Å². The van der Waals surface area contributed by atoms with Crippen molar-refractivity contribution in [1.82, 2.24) is 5.32 Å². The molecule has 0 aliphatic heterocycles. The van der Waals surface area contributed by atoms with Crippen LogP contribution in [0.5, 0.6) is 0 Å². The van der Waals surface area contributed by atoms with Crippen LogP contribution in [0.4, 0.5) is 4.79 Å². The third kappa shape index (κ3) is 7.98. The molecule has 76 valence electrons. The number of nitrogens with one attached hydrogen (secondary N) is 1. The molecule has 0 saturated carbocycles. The van der Waals surface area contributed by atoms with E-state index in [0.717, 1.165) is 23.6 Å². The summed E-state index contributed by atoms with van der Waals surface area (Å²) in [5.74, 6) is -0.413. The predicted molar refractivity (Wildman–Crippen MR) is 55.8 cm³/mol. The summed E-state index contributed by atoms with van der Waals surface area (Å²) in [6, 6.07) is 0. The van der Waals surface area contributed by atoms with E-state index in [1.807, 2.05) is 6.92 Å². The number of thiol groups is 1. The molecule has 0 aliphatic rings. The number of unbranched alkanes of at least 4 members (excludes halogenated alkanes) is 1. The molecule has 0 fully saturated rings. The zero-order valence-corrected chi connectivity index (χ0v) is 9.12. The van der Waals surface area contributed by atoms with Crippen molar-refractivity contribution in [2.24, 2.45) is 0 Å². The summed E-state index contributed by atoms with van der Waals surface area (Å²) >= 11 is 3.66. The van der Waals surface area contributed by atoms with Crippen molar-refractivity contribution in [3.8, 4) is 0 Å². The van der Waals surface area contributed by atoms with Gasteiger partial charge in [-0.3, -0.25) is 9.59 Å². The minimum absolute atomic E-state index is 0.0872. The molecule has 0 heterocycles. The fourth-order valence-electron chi connectivity index (χ4n) is 0.558. The number of rotatable bonds is 5. The van der Waals surface area contributed by atoms with E-state index in [9.17, 15) is 9.59 Å². The molecular formula is C7H13NO3S2. The van der Waals surface area contributed by atoms with Gasteiger partial charge < -0.3 is 10.1 Å². The number of carbonyl (C=O) groups excluding carboxylic acids is 2. The summed E-state index contributed by atoms with van der Waals surface area (Å²) in [5.41, 5.74) is 0. The molecule has 1 amide bonds. The first-order valence-electron chi connectivity index (χ1n) is 3.95. The number of hydrogen-bond acceptors (Lipinski definition) is 5. The summed E-state index contributed by atoms with van der Waals surface area (Å²) in [6.45, 7) is 2.34. The Morgan fingerprint density at radius 3 is 2.77 bits per heavy atom. The maximum absolute atomic E-state index is 10.9. The number of amides is 1. The lowest BCUT2D eigenvalue weighted by Crippen LogP contribution is -2.27. The van der Waals surface area contributed by atoms with Crippen LogP contribution >= 0.6 is 22.5 Å². The summed E-state index contributed by atoms with van der Waals surface area (Å²) in [4.78, 5) is 21.5. The molecule has 0 radical (unpaired) electrons. The third-order valence-corrected chi connectivity index (χ3v) is 2.03. The lowest BCUT2D eigenvalue weighted by atomic mass is 10.4. The smallest absolute Gasteiger partial charge is 0.325 e. The van der Waals surface area contributed by atoms with Gasteiger partial charge in [0.2, 0.25) is 0 Å². The molecular weight excluding hydrogens is 210 g/mol. The zero-order chi connectivity index (χ0) is 10.1. The largest absolute Gasteiger partial charge is 0.464 e. The molecule has 4 nitrogen and oxygen atoms in total. The number of esters is 1. The molecule has 0 bridgehead atoms. The van der Waals surface area contributed by atoms with E-state index < -0.39 is 5.97 Å². The van der Waals surface area contributed by atoms with E-state index in [1.165, 1.54) is 0 Å². The fraction of sp³-hybridized carbons (Fsp3) is 0.714. The molecule has 1 N–H and O–H groups in total. The van der Waals surface area contributed by atoms with Gasteiger partial charge in [0.1, 0.15) is 6.54 Å². The Morgan fingerprint density at radius 2 is 2.23 bits per heavy atom. The summed E-state index contributed by atoms with van der Waals surface area (Å²) < 4.78 is 4.79. The standard InChI is InChI=1S/C7H13NO3S2/c1-2-3-4-11-6(9)5-8-7(10)13-12/h12H,2-5H2,1H3,(H,8,10). The highest BCUT2D eigenvalue weighted by Crippen LogP contribution is 2.04. The van der Waals surface area contributed by atoms with Gasteiger partial charge in [0.15, 0.2) is 0 Å². The van der Waals surface area contributed by atoms with Crippen LogP contribution in [-0.4, -0.2) is 24.4 Å². The molecule has 0 aromatic heterocycles. The van der Waals surface area contributed by atoms with Gasteiger partial charge in [-0.15, -0.1) is 11.7 Å². The number of hydrogen-bond donors (Lipinski definition) is 2. The number of ether oxygens (including phenoxy) is 1. The van der Waals surface area contributed by atoms with E-state index >= 15 is 0 Å². The minimum Gasteiger partial charge on any atom is -0.464 e. The quantitative estimate of drug-likeness (QED) is 0.322. The van der Waals surface area contributed by atoms with Gasteiger partial charge >= 0.3 is 5.97 Å². The Bertz CT molecular complexity index is 175. The zero-order valence-electron chi connectivity index (χ0n) is 7.41. The minimum atomic E-state index is -0.413. The SMILES string of the molecule is CCCCOC(=O)CNC(=O)SS. The topological polar surface area (TPSA) is 55.4 Å². The highest BCUT2D eigenvalue weighted by atomic mass is 33.1. The summed E-state index contributed by atoms with van der Waals surface area (Å²) in [6.07, 6.45) is 1.83. The van der Waals surface area contributed by atoms with Crippen LogP contribution in [0.25, 0.3) is 0 Å². The first-order chi connectivity index (χ1) is 6.20. The Labute approximate surface area is 86.6 Å². The van der Waals surface area contributed by atoms with Gasteiger partial charge in [-0.25, -0.2) is 0 Å². The highest BCUT2D eigenvalue weighted by molar-refractivity contribution is 8.74. The maximum atomic E-state index is 10.9. The first-order valence-corrected chi connectivity index (χ1v) is 5.82. The van der Waals surface area contributed by atoms with E-state index in [0.29, 0.717) is 6.61 Å². The van der Waals surface area contributed by atoms with Crippen molar-refractivity contribution in [1.29, 1.82) is 0 Å². The lowest BCUT2D eigenvalue weighted by molar-refractivity contribution is -0.142. The second kappa shape index (κ2) is 8.25. The van der Waals surface area contributed by atoms with Crippen LogP contribution < -0.4 is 5.32 Å². The fourth-order valence-corrected chi connectivity index (χ4v) is 0.888. The van der Waals surface area contributed by atoms with Crippen molar-refractivity contribution in [2.45, 2.75) is 19.8 Å².